The molecule has 0 amide bonds. The molecule has 0 saturated carbocycles. The molecule has 0 aromatic carbocycles. The number of ether oxygens (including phenoxy) is 3. The number of carbonyl (C=O) groups excluding carboxylic acids is 2. The van der Waals surface area contributed by atoms with Crippen LogP contribution in [0.2, 0.25) is 0 Å². The molecule has 8 heteroatoms. The third-order valence-corrected chi connectivity index (χ3v) is 11.9. The first-order valence-corrected chi connectivity index (χ1v) is 25.9. The molecule has 0 aliphatic rings. The third-order valence-electron chi connectivity index (χ3n) is 11.9. The number of likely N-dealkylation sites (N-methyl/N-ethyl adjacent to an activating group) is 1. The molecule has 0 aliphatic heterocycles. The van der Waals surface area contributed by atoms with Crippen molar-refractivity contribution in [2.24, 2.45) is 0 Å². The average molecular weight is 863 g/mol. The zero-order chi connectivity index (χ0) is 44.9. The van der Waals surface area contributed by atoms with E-state index in [2.05, 4.69) is 38.2 Å². The minimum atomic E-state index is -0.873. The van der Waals surface area contributed by atoms with Crippen LogP contribution in [0.15, 0.2) is 24.3 Å². The monoisotopic (exact) mass is 863 g/mol. The second-order valence-corrected chi connectivity index (χ2v) is 18.8. The Morgan fingerprint density at radius 3 is 1.34 bits per heavy atom. The van der Waals surface area contributed by atoms with Crippen LogP contribution in [0.5, 0.6) is 0 Å². The highest BCUT2D eigenvalue weighted by Crippen LogP contribution is 2.17. The van der Waals surface area contributed by atoms with Gasteiger partial charge in [0.25, 0.3) is 0 Å². The molecule has 0 rings (SSSR count). The van der Waals surface area contributed by atoms with Crippen LogP contribution in [0.25, 0.3) is 0 Å². The molecule has 1 N–H and O–H groups in total. The van der Waals surface area contributed by atoms with Crippen molar-refractivity contribution in [3.63, 3.8) is 0 Å². The first-order valence-electron chi connectivity index (χ1n) is 25.9. The van der Waals surface area contributed by atoms with E-state index in [1.165, 1.54) is 154 Å². The van der Waals surface area contributed by atoms with Gasteiger partial charge in [-0.3, -0.25) is 9.59 Å². The van der Waals surface area contributed by atoms with Gasteiger partial charge in [-0.1, -0.05) is 212 Å². The predicted molar refractivity (Wildman–Crippen MR) is 257 cm³/mol. The first-order chi connectivity index (χ1) is 29.6. The lowest BCUT2D eigenvalue weighted by Crippen LogP contribution is -2.50. The Kier molecular flexibility index (Phi) is 42.8. The van der Waals surface area contributed by atoms with Gasteiger partial charge in [0.2, 0.25) is 0 Å². The molecule has 0 aliphatic carbocycles. The number of carbonyl (C=O) groups is 3. The zero-order valence-electron chi connectivity index (χ0n) is 40.9. The van der Waals surface area contributed by atoms with Gasteiger partial charge in [-0.05, 0) is 38.5 Å². The number of carboxylic acid groups (broad SMARTS) is 1. The van der Waals surface area contributed by atoms with E-state index < -0.39 is 18.1 Å². The molecule has 2 unspecified atom stereocenters. The summed E-state index contributed by atoms with van der Waals surface area (Å²) in [5.74, 6) is -1.46. The molecule has 61 heavy (non-hydrogen) atoms. The van der Waals surface area contributed by atoms with Gasteiger partial charge in [-0.2, -0.15) is 0 Å². The Hall–Kier alpha value is -2.19. The molecule has 0 bridgehead atoms. The molecule has 0 fully saturated rings. The van der Waals surface area contributed by atoms with Gasteiger partial charge in [0.15, 0.2) is 12.1 Å². The van der Waals surface area contributed by atoms with Crippen LogP contribution >= 0.6 is 0 Å². The molecular formula is C53H100NO7+. The van der Waals surface area contributed by atoms with E-state index in [4.69, 9.17) is 14.2 Å². The van der Waals surface area contributed by atoms with Gasteiger partial charge in [0.1, 0.15) is 6.61 Å². The molecular weight excluding hydrogens is 763 g/mol. The van der Waals surface area contributed by atoms with E-state index in [0.29, 0.717) is 19.3 Å². The Morgan fingerprint density at radius 2 is 0.918 bits per heavy atom. The molecule has 0 aromatic heterocycles. The Morgan fingerprint density at radius 1 is 0.508 bits per heavy atom. The highest BCUT2D eigenvalue weighted by Gasteiger charge is 2.31. The van der Waals surface area contributed by atoms with E-state index in [1.807, 2.05) is 21.1 Å². The summed E-state index contributed by atoms with van der Waals surface area (Å²) in [6.45, 7) is 4.66. The zero-order valence-corrected chi connectivity index (χ0v) is 40.9. The molecule has 0 heterocycles. The van der Waals surface area contributed by atoms with Crippen LogP contribution in [0.3, 0.4) is 0 Å². The fraction of sp³-hybridized carbons (Fsp3) is 0.868. The highest BCUT2D eigenvalue weighted by atomic mass is 16.6. The van der Waals surface area contributed by atoms with Gasteiger partial charge in [0, 0.05) is 19.3 Å². The summed E-state index contributed by atoms with van der Waals surface area (Å²) in [6, 6.07) is -0.613. The minimum absolute atomic E-state index is 0.0506. The Bertz CT molecular complexity index is 1050. The number of hydrogen-bond acceptors (Lipinski definition) is 6. The van der Waals surface area contributed by atoms with Crippen molar-refractivity contribution in [3.8, 4) is 0 Å². The molecule has 2 atom stereocenters. The van der Waals surface area contributed by atoms with Crippen LogP contribution in [-0.4, -0.2) is 80.6 Å². The largest absolute Gasteiger partial charge is 0.477 e. The number of unbranched alkanes of at least 4 members (excludes halogenated alkanes) is 29. The van der Waals surface area contributed by atoms with Crippen molar-refractivity contribution in [1.82, 2.24) is 0 Å². The fourth-order valence-electron chi connectivity index (χ4n) is 7.90. The van der Waals surface area contributed by atoms with Crippen LogP contribution < -0.4 is 0 Å². The van der Waals surface area contributed by atoms with Crippen molar-refractivity contribution in [2.45, 2.75) is 257 Å². The van der Waals surface area contributed by atoms with Gasteiger partial charge >= 0.3 is 17.9 Å². The van der Waals surface area contributed by atoms with Crippen LogP contribution in [0, 0.1) is 0 Å². The maximum absolute atomic E-state index is 12.8. The average Bonchev–Trinajstić information content (AvgIpc) is 3.22. The second kappa shape index (κ2) is 44.4. The Balaban J connectivity index is 4.16. The molecule has 0 saturated heterocycles. The number of hydrogen-bond donors (Lipinski definition) is 1. The first kappa shape index (κ1) is 58.8. The molecule has 358 valence electrons. The summed E-state index contributed by atoms with van der Waals surface area (Å²) in [5.41, 5.74) is 0. The van der Waals surface area contributed by atoms with Crippen molar-refractivity contribution in [2.75, 3.05) is 41.0 Å². The van der Waals surface area contributed by atoms with Crippen LogP contribution in [0.4, 0.5) is 0 Å². The van der Waals surface area contributed by atoms with Crippen LogP contribution in [-0.2, 0) is 28.6 Å². The SMILES string of the molecule is CC/C=C/C/C=C/CCCCCCCCCC(=O)OCC(COCCC(C(=O)O)[N+](C)(C)C)OC(=O)CCCCCCCCCCCCCCCCCCCCCCCCC. The number of allylic oxidation sites excluding steroid dienone is 4. The van der Waals surface area contributed by atoms with E-state index in [-0.39, 0.29) is 36.2 Å². The highest BCUT2D eigenvalue weighted by molar-refractivity contribution is 5.72. The third kappa shape index (κ3) is 42.9. The number of aliphatic carboxylic acids is 1. The lowest BCUT2D eigenvalue weighted by molar-refractivity contribution is -0.887. The molecule has 0 radical (unpaired) electrons. The van der Waals surface area contributed by atoms with E-state index in [1.54, 1.807) is 0 Å². The lowest BCUT2D eigenvalue weighted by atomic mass is 10.0. The fourth-order valence-corrected chi connectivity index (χ4v) is 7.90. The van der Waals surface area contributed by atoms with Gasteiger partial charge in [0.05, 0.1) is 34.4 Å². The van der Waals surface area contributed by atoms with E-state index in [9.17, 15) is 19.5 Å². The number of rotatable bonds is 47. The van der Waals surface area contributed by atoms with Crippen LogP contribution in [0.1, 0.15) is 245 Å². The van der Waals surface area contributed by atoms with E-state index in [0.717, 1.165) is 57.8 Å². The van der Waals surface area contributed by atoms with Crippen molar-refractivity contribution < 1.29 is 38.2 Å². The van der Waals surface area contributed by atoms with Crippen molar-refractivity contribution >= 4 is 17.9 Å². The van der Waals surface area contributed by atoms with Gasteiger partial charge in [-0.25, -0.2) is 4.79 Å². The summed E-state index contributed by atoms with van der Waals surface area (Å²) in [4.78, 5) is 37.1. The summed E-state index contributed by atoms with van der Waals surface area (Å²) < 4.78 is 17.3. The lowest BCUT2D eigenvalue weighted by Gasteiger charge is -2.31. The van der Waals surface area contributed by atoms with Crippen molar-refractivity contribution in [3.05, 3.63) is 24.3 Å². The second-order valence-electron chi connectivity index (χ2n) is 18.8. The number of carboxylic acids is 1. The number of quaternary nitrogens is 1. The Labute approximate surface area is 377 Å². The summed E-state index contributed by atoms with van der Waals surface area (Å²) in [7, 11) is 5.54. The standard InChI is InChI=1S/C53H99NO7/c1-6-8-10-12-14-16-18-20-22-23-24-25-26-27-28-29-30-32-34-36-38-40-42-44-52(56)61-49(47-59-46-45-50(53(57)58)54(3,4)5)48-60-51(55)43-41-39-37-35-33-31-21-19-17-15-13-11-9-7-2/h9,11,15,17,49-50H,6-8,10,12-14,16,18-48H2,1-5H3/p+1/b11-9+,17-15+. The summed E-state index contributed by atoms with van der Waals surface area (Å²) >= 11 is 0. The van der Waals surface area contributed by atoms with Gasteiger partial charge in [-0.15, -0.1) is 0 Å². The maximum atomic E-state index is 12.8. The number of esters is 2. The number of nitrogens with zero attached hydrogens (tertiary/aromatic N) is 1. The summed E-state index contributed by atoms with van der Waals surface area (Å²) in [5, 5.41) is 9.65. The minimum Gasteiger partial charge on any atom is -0.477 e. The normalized spacial score (nSPS) is 13.0. The molecule has 8 nitrogen and oxygen atoms in total. The molecule has 0 aromatic rings. The predicted octanol–water partition coefficient (Wildman–Crippen LogP) is 14.8. The van der Waals surface area contributed by atoms with E-state index >= 15 is 0 Å². The smallest absolute Gasteiger partial charge is 0.362 e. The molecule has 0 spiro atoms. The summed E-state index contributed by atoms with van der Waals surface area (Å²) in [6.07, 6.45) is 50.9. The van der Waals surface area contributed by atoms with Crippen molar-refractivity contribution in [1.29, 1.82) is 0 Å². The topological polar surface area (TPSA) is 99.1 Å². The quantitative estimate of drug-likeness (QED) is 0.0281. The maximum Gasteiger partial charge on any atom is 0.362 e. The van der Waals surface area contributed by atoms with Gasteiger partial charge < -0.3 is 23.8 Å².